The highest BCUT2D eigenvalue weighted by molar-refractivity contribution is 6.18. The highest BCUT2D eigenvalue weighted by atomic mass is 35.5. The third kappa shape index (κ3) is 2.64. The number of carbonyl (C=O) groups excluding carboxylic acids is 1. The summed E-state index contributed by atoms with van der Waals surface area (Å²) in [6.07, 6.45) is 1.57. The van der Waals surface area contributed by atoms with Crippen LogP contribution in [0.1, 0.15) is 23.2 Å². The molecule has 0 unspecified atom stereocenters. The van der Waals surface area contributed by atoms with Gasteiger partial charge in [-0.05, 0) is 30.9 Å². The van der Waals surface area contributed by atoms with Crippen molar-refractivity contribution >= 4 is 17.5 Å². The molecule has 0 radical (unpaired) electrons. The average molecular weight is 274 g/mol. The summed E-state index contributed by atoms with van der Waals surface area (Å²) >= 11 is 5.75. The lowest BCUT2D eigenvalue weighted by atomic mass is 9.98. The van der Waals surface area contributed by atoms with Crippen molar-refractivity contribution in [3.63, 3.8) is 0 Å². The minimum Gasteiger partial charge on any atom is -0.338 e. The van der Waals surface area contributed by atoms with Gasteiger partial charge < -0.3 is 4.90 Å². The zero-order valence-electron chi connectivity index (χ0n) is 9.83. The van der Waals surface area contributed by atoms with Crippen molar-refractivity contribution in [3.8, 4) is 0 Å². The minimum atomic E-state index is -0.806. The number of rotatable bonds is 2. The second-order valence-electron chi connectivity index (χ2n) is 4.49. The summed E-state index contributed by atoms with van der Waals surface area (Å²) in [6, 6.07) is 3.45. The molecule has 0 aliphatic carbocycles. The summed E-state index contributed by atoms with van der Waals surface area (Å²) in [6.45, 7) is 1.01. The Morgan fingerprint density at radius 2 is 1.83 bits per heavy atom. The number of hydrogen-bond acceptors (Lipinski definition) is 1. The van der Waals surface area contributed by atoms with E-state index in [0.717, 1.165) is 25.0 Å². The Balaban J connectivity index is 2.13. The van der Waals surface area contributed by atoms with E-state index in [-0.39, 0.29) is 0 Å². The van der Waals surface area contributed by atoms with Crippen molar-refractivity contribution in [1.82, 2.24) is 4.90 Å². The summed E-state index contributed by atoms with van der Waals surface area (Å²) in [4.78, 5) is 13.5. The highest BCUT2D eigenvalue weighted by Gasteiger charge is 2.26. The van der Waals surface area contributed by atoms with E-state index in [2.05, 4.69) is 0 Å². The summed E-state index contributed by atoms with van der Waals surface area (Å²) in [7, 11) is 0. The molecule has 1 aromatic carbocycles. The molecule has 2 nitrogen and oxygen atoms in total. The molecule has 2 rings (SSSR count). The normalized spacial score (nSPS) is 16.9. The summed E-state index contributed by atoms with van der Waals surface area (Å²) in [5.41, 5.74) is -0.457. The fourth-order valence-electron chi connectivity index (χ4n) is 2.15. The number of amides is 1. The van der Waals surface area contributed by atoms with Gasteiger partial charge in [0.1, 0.15) is 17.2 Å². The summed E-state index contributed by atoms with van der Waals surface area (Å²) in [5.74, 6) is -1.23. The van der Waals surface area contributed by atoms with E-state index in [1.54, 1.807) is 0 Å². The zero-order valence-corrected chi connectivity index (χ0v) is 10.6. The summed E-state index contributed by atoms with van der Waals surface area (Å²) in [5, 5.41) is 0. The van der Waals surface area contributed by atoms with Gasteiger partial charge in [-0.1, -0.05) is 6.07 Å². The van der Waals surface area contributed by atoms with Gasteiger partial charge in [-0.2, -0.15) is 0 Å². The first-order valence-corrected chi connectivity index (χ1v) is 6.46. The van der Waals surface area contributed by atoms with Gasteiger partial charge in [0.25, 0.3) is 5.91 Å². The molecule has 1 aliphatic rings. The SMILES string of the molecule is O=C(c1c(F)cccc1F)N1CCC(CCl)CC1. The van der Waals surface area contributed by atoms with Crippen LogP contribution in [0.2, 0.25) is 0 Å². The lowest BCUT2D eigenvalue weighted by Gasteiger charge is -2.31. The van der Waals surface area contributed by atoms with Gasteiger partial charge in [-0.15, -0.1) is 11.6 Å². The predicted octanol–water partition coefficient (Wildman–Crippen LogP) is 3.06. The van der Waals surface area contributed by atoms with Crippen molar-refractivity contribution in [2.75, 3.05) is 19.0 Å². The first-order chi connectivity index (χ1) is 8.63. The molecule has 1 aromatic rings. The molecule has 1 amide bonds. The topological polar surface area (TPSA) is 20.3 Å². The molecule has 1 saturated heterocycles. The monoisotopic (exact) mass is 273 g/mol. The van der Waals surface area contributed by atoms with Crippen LogP contribution in [0.15, 0.2) is 18.2 Å². The smallest absolute Gasteiger partial charge is 0.259 e. The number of carbonyl (C=O) groups is 1. The van der Waals surface area contributed by atoms with Gasteiger partial charge >= 0.3 is 0 Å². The second kappa shape index (κ2) is 5.65. The van der Waals surface area contributed by atoms with Gasteiger partial charge in [-0.3, -0.25) is 4.79 Å². The molecule has 1 heterocycles. The molecule has 0 N–H and O–H groups in total. The fourth-order valence-corrected chi connectivity index (χ4v) is 2.46. The standard InChI is InChI=1S/C13H14ClF2NO/c14-8-9-4-6-17(7-5-9)13(18)12-10(15)2-1-3-11(12)16/h1-3,9H,4-8H2. The third-order valence-corrected chi connectivity index (χ3v) is 3.73. The van der Waals surface area contributed by atoms with Crippen LogP contribution < -0.4 is 0 Å². The van der Waals surface area contributed by atoms with Gasteiger partial charge in [0.2, 0.25) is 0 Å². The first kappa shape index (κ1) is 13.3. The quantitative estimate of drug-likeness (QED) is 0.759. The minimum absolute atomic E-state index is 0.390. The molecule has 0 spiro atoms. The van der Waals surface area contributed by atoms with E-state index in [4.69, 9.17) is 11.6 Å². The Bertz CT molecular complexity index is 424. The molecule has 5 heteroatoms. The van der Waals surface area contributed by atoms with E-state index in [0.29, 0.717) is 24.9 Å². The average Bonchev–Trinajstić information content (AvgIpc) is 2.38. The fraction of sp³-hybridized carbons (Fsp3) is 0.462. The number of benzene rings is 1. The number of hydrogen-bond donors (Lipinski definition) is 0. The maximum absolute atomic E-state index is 13.5. The van der Waals surface area contributed by atoms with Crippen molar-refractivity contribution in [3.05, 3.63) is 35.4 Å². The molecule has 1 aliphatic heterocycles. The molecular weight excluding hydrogens is 260 g/mol. The first-order valence-electron chi connectivity index (χ1n) is 5.92. The van der Waals surface area contributed by atoms with Crippen LogP contribution >= 0.6 is 11.6 Å². The van der Waals surface area contributed by atoms with Gasteiger partial charge in [-0.25, -0.2) is 8.78 Å². The number of nitrogens with zero attached hydrogens (tertiary/aromatic N) is 1. The Morgan fingerprint density at radius 3 is 2.33 bits per heavy atom. The van der Waals surface area contributed by atoms with Crippen LogP contribution in [0.25, 0.3) is 0 Å². The zero-order chi connectivity index (χ0) is 13.1. The number of alkyl halides is 1. The van der Waals surface area contributed by atoms with E-state index in [1.165, 1.54) is 11.0 Å². The largest absolute Gasteiger partial charge is 0.338 e. The third-order valence-electron chi connectivity index (χ3n) is 3.30. The van der Waals surface area contributed by atoms with E-state index in [1.807, 2.05) is 0 Å². The van der Waals surface area contributed by atoms with Crippen LogP contribution in [-0.4, -0.2) is 29.8 Å². The Hall–Kier alpha value is -1.16. The maximum Gasteiger partial charge on any atom is 0.259 e. The van der Waals surface area contributed by atoms with Crippen molar-refractivity contribution < 1.29 is 13.6 Å². The van der Waals surface area contributed by atoms with E-state index in [9.17, 15) is 13.6 Å². The number of likely N-dealkylation sites (tertiary alicyclic amines) is 1. The maximum atomic E-state index is 13.5. The Labute approximate surface area is 110 Å². The Kier molecular flexibility index (Phi) is 4.17. The van der Waals surface area contributed by atoms with Gasteiger partial charge in [0.15, 0.2) is 0 Å². The molecule has 18 heavy (non-hydrogen) atoms. The molecule has 1 fully saturated rings. The molecule has 0 saturated carbocycles. The highest BCUT2D eigenvalue weighted by Crippen LogP contribution is 2.22. The number of halogens is 3. The molecule has 0 aromatic heterocycles. The number of piperidine rings is 1. The van der Waals surface area contributed by atoms with Crippen molar-refractivity contribution in [2.24, 2.45) is 5.92 Å². The Morgan fingerprint density at radius 1 is 1.28 bits per heavy atom. The molecule has 0 bridgehead atoms. The van der Waals surface area contributed by atoms with Crippen molar-refractivity contribution in [1.29, 1.82) is 0 Å². The molecule has 0 atom stereocenters. The van der Waals surface area contributed by atoms with Gasteiger partial charge in [0.05, 0.1) is 0 Å². The lowest BCUT2D eigenvalue weighted by molar-refractivity contribution is 0.0688. The van der Waals surface area contributed by atoms with Gasteiger partial charge in [0, 0.05) is 19.0 Å². The van der Waals surface area contributed by atoms with Crippen LogP contribution in [0.3, 0.4) is 0 Å². The predicted molar refractivity (Wildman–Crippen MR) is 65.7 cm³/mol. The molecule has 98 valence electrons. The van der Waals surface area contributed by atoms with E-state index >= 15 is 0 Å². The summed E-state index contributed by atoms with van der Waals surface area (Å²) < 4.78 is 27.0. The van der Waals surface area contributed by atoms with Crippen LogP contribution in [0, 0.1) is 17.6 Å². The van der Waals surface area contributed by atoms with Crippen LogP contribution in [0.4, 0.5) is 8.78 Å². The van der Waals surface area contributed by atoms with E-state index < -0.39 is 23.1 Å². The van der Waals surface area contributed by atoms with Crippen molar-refractivity contribution in [2.45, 2.75) is 12.8 Å². The lowest BCUT2D eigenvalue weighted by Crippen LogP contribution is -2.39. The van der Waals surface area contributed by atoms with Crippen LogP contribution in [0.5, 0.6) is 0 Å². The van der Waals surface area contributed by atoms with Crippen LogP contribution in [-0.2, 0) is 0 Å². The molecular formula is C13H14ClF2NO. The second-order valence-corrected chi connectivity index (χ2v) is 4.80.